The molecule has 0 aromatic carbocycles. The van der Waals surface area contributed by atoms with Crippen LogP contribution in [0.15, 0.2) is 0 Å². The van der Waals surface area contributed by atoms with Crippen molar-refractivity contribution in [3.8, 4) is 0 Å². The number of nitrogens with one attached hydrogen (secondary N) is 1. The molecule has 0 amide bonds. The Morgan fingerprint density at radius 3 is 2.89 bits per heavy atom. The standard InChI is InChI=1S/C15H28N2O2/c1-3-13-7-5-8-15(13,14(18)19-4-2)17-11-6-9-16-10-12-17/h13,16H,3-12H2,1-2H3. The van der Waals surface area contributed by atoms with Crippen LogP contribution in [0.5, 0.6) is 0 Å². The lowest BCUT2D eigenvalue weighted by Crippen LogP contribution is -2.58. The van der Waals surface area contributed by atoms with Gasteiger partial charge in [-0.15, -0.1) is 0 Å². The number of hydrogen-bond acceptors (Lipinski definition) is 4. The highest BCUT2D eigenvalue weighted by Crippen LogP contribution is 2.43. The summed E-state index contributed by atoms with van der Waals surface area (Å²) in [5.74, 6) is 0.492. The molecule has 2 rings (SSSR count). The SMILES string of the molecule is CCOC(=O)C1(N2CCCNCC2)CCCC1CC. The van der Waals surface area contributed by atoms with Crippen molar-refractivity contribution in [1.29, 1.82) is 0 Å². The zero-order valence-electron chi connectivity index (χ0n) is 12.4. The molecule has 1 heterocycles. The Morgan fingerprint density at radius 2 is 2.16 bits per heavy atom. The second kappa shape index (κ2) is 6.71. The van der Waals surface area contributed by atoms with Crippen LogP contribution in [-0.4, -0.2) is 49.2 Å². The highest BCUT2D eigenvalue weighted by atomic mass is 16.5. The fourth-order valence-corrected chi connectivity index (χ4v) is 3.92. The Bertz CT molecular complexity index is 301. The van der Waals surface area contributed by atoms with Gasteiger partial charge >= 0.3 is 5.97 Å². The Labute approximate surface area is 116 Å². The van der Waals surface area contributed by atoms with Crippen LogP contribution >= 0.6 is 0 Å². The molecule has 1 aliphatic heterocycles. The van der Waals surface area contributed by atoms with Gasteiger partial charge in [0.25, 0.3) is 0 Å². The molecule has 0 radical (unpaired) electrons. The second-order valence-corrected chi connectivity index (χ2v) is 5.73. The molecule has 1 saturated heterocycles. The van der Waals surface area contributed by atoms with Crippen molar-refractivity contribution < 1.29 is 9.53 Å². The Morgan fingerprint density at radius 1 is 1.32 bits per heavy atom. The fourth-order valence-electron chi connectivity index (χ4n) is 3.92. The molecule has 4 heteroatoms. The maximum Gasteiger partial charge on any atom is 0.326 e. The molecular formula is C15H28N2O2. The maximum atomic E-state index is 12.7. The summed E-state index contributed by atoms with van der Waals surface area (Å²) in [6, 6.07) is 0. The molecule has 1 aliphatic carbocycles. The number of carbonyl (C=O) groups excluding carboxylic acids is 1. The van der Waals surface area contributed by atoms with Crippen LogP contribution in [0.1, 0.15) is 46.0 Å². The zero-order chi connectivity index (χ0) is 13.7. The normalized spacial score (nSPS) is 33.1. The molecule has 1 N–H and O–H groups in total. The van der Waals surface area contributed by atoms with Crippen LogP contribution in [0.25, 0.3) is 0 Å². The monoisotopic (exact) mass is 268 g/mol. The van der Waals surface area contributed by atoms with Crippen molar-refractivity contribution in [3.05, 3.63) is 0 Å². The third kappa shape index (κ3) is 2.79. The molecular weight excluding hydrogens is 240 g/mol. The van der Waals surface area contributed by atoms with Crippen LogP contribution in [0.3, 0.4) is 0 Å². The average molecular weight is 268 g/mol. The highest BCUT2D eigenvalue weighted by molar-refractivity contribution is 5.82. The minimum absolute atomic E-state index is 0.0289. The van der Waals surface area contributed by atoms with E-state index in [1.165, 1.54) is 6.42 Å². The second-order valence-electron chi connectivity index (χ2n) is 5.73. The van der Waals surface area contributed by atoms with Gasteiger partial charge in [-0.05, 0) is 38.6 Å². The highest BCUT2D eigenvalue weighted by Gasteiger charge is 2.53. The summed E-state index contributed by atoms with van der Waals surface area (Å²) in [5.41, 5.74) is -0.337. The molecule has 0 spiro atoms. The lowest BCUT2D eigenvalue weighted by molar-refractivity contribution is -0.161. The molecule has 19 heavy (non-hydrogen) atoms. The minimum atomic E-state index is -0.337. The van der Waals surface area contributed by atoms with Gasteiger partial charge in [0.2, 0.25) is 0 Å². The van der Waals surface area contributed by atoms with Crippen LogP contribution < -0.4 is 5.32 Å². The average Bonchev–Trinajstić information content (AvgIpc) is 2.66. The quantitative estimate of drug-likeness (QED) is 0.789. The molecule has 2 atom stereocenters. The van der Waals surface area contributed by atoms with Gasteiger partial charge in [0.05, 0.1) is 6.61 Å². The smallest absolute Gasteiger partial charge is 0.326 e. The van der Waals surface area contributed by atoms with E-state index in [2.05, 4.69) is 17.1 Å². The van der Waals surface area contributed by atoms with E-state index in [4.69, 9.17) is 4.74 Å². The number of nitrogens with zero attached hydrogens (tertiary/aromatic N) is 1. The number of ether oxygens (including phenoxy) is 1. The first kappa shape index (κ1) is 14.8. The van der Waals surface area contributed by atoms with Crippen LogP contribution in [-0.2, 0) is 9.53 Å². The maximum absolute atomic E-state index is 12.7. The summed E-state index contributed by atoms with van der Waals surface area (Å²) in [4.78, 5) is 15.1. The molecule has 1 saturated carbocycles. The number of esters is 1. The molecule has 0 bridgehead atoms. The first-order valence-electron chi connectivity index (χ1n) is 7.88. The largest absolute Gasteiger partial charge is 0.465 e. The van der Waals surface area contributed by atoms with E-state index < -0.39 is 0 Å². The zero-order valence-corrected chi connectivity index (χ0v) is 12.4. The third-order valence-electron chi connectivity index (χ3n) is 4.81. The lowest BCUT2D eigenvalue weighted by Gasteiger charge is -2.42. The Hall–Kier alpha value is -0.610. The topological polar surface area (TPSA) is 41.6 Å². The summed E-state index contributed by atoms with van der Waals surface area (Å²) in [5, 5.41) is 3.43. The van der Waals surface area contributed by atoms with Crippen molar-refractivity contribution in [1.82, 2.24) is 10.2 Å². The summed E-state index contributed by atoms with van der Waals surface area (Å²) in [6.45, 7) is 8.63. The van der Waals surface area contributed by atoms with E-state index in [0.717, 1.165) is 51.9 Å². The predicted octanol–water partition coefficient (Wildman–Crippen LogP) is 1.79. The lowest BCUT2D eigenvalue weighted by atomic mass is 9.83. The van der Waals surface area contributed by atoms with Gasteiger partial charge in [-0.1, -0.05) is 19.8 Å². The minimum Gasteiger partial charge on any atom is -0.465 e. The molecule has 2 aliphatic rings. The van der Waals surface area contributed by atoms with Crippen LogP contribution in [0.2, 0.25) is 0 Å². The van der Waals surface area contributed by atoms with Crippen LogP contribution in [0, 0.1) is 5.92 Å². The summed E-state index contributed by atoms with van der Waals surface area (Å²) < 4.78 is 5.45. The van der Waals surface area contributed by atoms with E-state index in [-0.39, 0.29) is 11.5 Å². The summed E-state index contributed by atoms with van der Waals surface area (Å²) >= 11 is 0. The van der Waals surface area contributed by atoms with Gasteiger partial charge < -0.3 is 10.1 Å². The summed E-state index contributed by atoms with van der Waals surface area (Å²) in [7, 11) is 0. The predicted molar refractivity (Wildman–Crippen MR) is 76.1 cm³/mol. The van der Waals surface area contributed by atoms with Crippen molar-refractivity contribution in [2.45, 2.75) is 51.5 Å². The van der Waals surface area contributed by atoms with Crippen molar-refractivity contribution in [2.24, 2.45) is 5.92 Å². The first-order valence-corrected chi connectivity index (χ1v) is 7.88. The van der Waals surface area contributed by atoms with Gasteiger partial charge in [-0.3, -0.25) is 9.69 Å². The van der Waals surface area contributed by atoms with Crippen molar-refractivity contribution >= 4 is 5.97 Å². The van der Waals surface area contributed by atoms with E-state index in [1.807, 2.05) is 6.92 Å². The number of carbonyl (C=O) groups is 1. The molecule has 110 valence electrons. The van der Waals surface area contributed by atoms with E-state index >= 15 is 0 Å². The van der Waals surface area contributed by atoms with Gasteiger partial charge in [0, 0.05) is 19.6 Å². The number of hydrogen-bond donors (Lipinski definition) is 1. The third-order valence-corrected chi connectivity index (χ3v) is 4.81. The van der Waals surface area contributed by atoms with Gasteiger partial charge in [0.1, 0.15) is 5.54 Å². The van der Waals surface area contributed by atoms with Crippen LogP contribution in [0.4, 0.5) is 0 Å². The van der Waals surface area contributed by atoms with Crippen molar-refractivity contribution in [2.75, 3.05) is 32.8 Å². The summed E-state index contributed by atoms with van der Waals surface area (Å²) in [6.07, 6.45) is 5.49. The molecule has 0 aromatic rings. The van der Waals surface area contributed by atoms with Gasteiger partial charge in [0.15, 0.2) is 0 Å². The van der Waals surface area contributed by atoms with E-state index in [1.54, 1.807) is 0 Å². The van der Waals surface area contributed by atoms with Gasteiger partial charge in [-0.2, -0.15) is 0 Å². The van der Waals surface area contributed by atoms with E-state index in [9.17, 15) is 4.79 Å². The number of rotatable bonds is 4. The van der Waals surface area contributed by atoms with Gasteiger partial charge in [-0.25, -0.2) is 0 Å². The first-order chi connectivity index (χ1) is 9.25. The fraction of sp³-hybridized carbons (Fsp3) is 0.933. The Balaban J connectivity index is 2.24. The molecule has 2 unspecified atom stereocenters. The molecule has 4 nitrogen and oxygen atoms in total. The molecule has 2 fully saturated rings. The van der Waals surface area contributed by atoms with Crippen molar-refractivity contribution in [3.63, 3.8) is 0 Å². The molecule has 0 aromatic heterocycles. The Kier molecular flexibility index (Phi) is 5.22. The van der Waals surface area contributed by atoms with E-state index in [0.29, 0.717) is 12.5 Å².